The molecule has 1 saturated heterocycles. The molecule has 0 spiro atoms. The average molecular weight is 284 g/mol. The molecule has 1 heterocycles. The molecular formula is C15H28N2O3. The third-order valence-corrected chi connectivity index (χ3v) is 3.97. The van der Waals surface area contributed by atoms with Gasteiger partial charge in [0.2, 0.25) is 0 Å². The van der Waals surface area contributed by atoms with Gasteiger partial charge in [-0.25, -0.2) is 4.79 Å². The van der Waals surface area contributed by atoms with Crippen LogP contribution in [0.4, 0.5) is 4.79 Å². The molecule has 20 heavy (non-hydrogen) atoms. The Kier molecular flexibility index (Phi) is 6.60. The van der Waals surface area contributed by atoms with Crippen LogP contribution in [0, 0.1) is 5.92 Å². The van der Waals surface area contributed by atoms with Gasteiger partial charge in [0.05, 0.1) is 6.61 Å². The second-order valence-corrected chi connectivity index (χ2v) is 5.79. The van der Waals surface area contributed by atoms with Gasteiger partial charge in [-0.2, -0.15) is 0 Å². The van der Waals surface area contributed by atoms with Gasteiger partial charge in [0.15, 0.2) is 0 Å². The predicted molar refractivity (Wildman–Crippen MR) is 77.8 cm³/mol. The van der Waals surface area contributed by atoms with Gasteiger partial charge in [-0.3, -0.25) is 0 Å². The molecule has 1 aliphatic carbocycles. The van der Waals surface area contributed by atoms with Gasteiger partial charge in [-0.05, 0) is 51.5 Å². The van der Waals surface area contributed by atoms with Crippen molar-refractivity contribution < 1.29 is 14.3 Å². The number of piperidine rings is 1. The second-order valence-electron chi connectivity index (χ2n) is 5.79. The van der Waals surface area contributed by atoms with E-state index in [1.807, 2.05) is 6.92 Å². The Morgan fingerprint density at radius 3 is 2.65 bits per heavy atom. The summed E-state index contributed by atoms with van der Waals surface area (Å²) in [6.07, 6.45) is 5.66. The molecule has 5 nitrogen and oxygen atoms in total. The monoisotopic (exact) mass is 284 g/mol. The van der Waals surface area contributed by atoms with Gasteiger partial charge < -0.3 is 19.7 Å². The smallest absolute Gasteiger partial charge is 0.409 e. The molecule has 116 valence electrons. The van der Waals surface area contributed by atoms with Gasteiger partial charge in [0.25, 0.3) is 0 Å². The highest BCUT2D eigenvalue weighted by Gasteiger charge is 2.23. The molecule has 2 rings (SSSR count). The number of carbonyl (C=O) groups is 1. The first-order valence-electron chi connectivity index (χ1n) is 8.02. The Morgan fingerprint density at radius 1 is 1.25 bits per heavy atom. The van der Waals surface area contributed by atoms with E-state index in [9.17, 15) is 4.79 Å². The van der Waals surface area contributed by atoms with E-state index in [1.54, 1.807) is 4.90 Å². The highest BCUT2D eigenvalue weighted by atomic mass is 16.6. The number of likely N-dealkylation sites (tertiary alicyclic amines) is 1. The average Bonchev–Trinajstić information content (AvgIpc) is 3.28. The van der Waals surface area contributed by atoms with E-state index >= 15 is 0 Å². The maximum Gasteiger partial charge on any atom is 0.409 e. The molecule has 5 heteroatoms. The molecular weight excluding hydrogens is 256 g/mol. The van der Waals surface area contributed by atoms with E-state index in [1.165, 1.54) is 12.8 Å². The number of amides is 1. The molecule has 0 atom stereocenters. The standard InChI is InChI=1S/C15H28N2O3/c1-2-20-15(18)17-9-6-14(7-10-17)16-8-3-11-19-12-13-4-5-13/h13-14,16H,2-12H2,1H3. The number of nitrogens with zero attached hydrogens (tertiary/aromatic N) is 1. The molecule has 2 fully saturated rings. The largest absolute Gasteiger partial charge is 0.450 e. The predicted octanol–water partition coefficient (Wildman–Crippen LogP) is 2.01. The number of hydrogen-bond acceptors (Lipinski definition) is 4. The highest BCUT2D eigenvalue weighted by Crippen LogP contribution is 2.28. The van der Waals surface area contributed by atoms with Crippen LogP contribution in [0.5, 0.6) is 0 Å². The fraction of sp³-hybridized carbons (Fsp3) is 0.933. The SMILES string of the molecule is CCOC(=O)N1CCC(NCCCOCC2CC2)CC1. The van der Waals surface area contributed by atoms with E-state index < -0.39 is 0 Å². The summed E-state index contributed by atoms with van der Waals surface area (Å²) in [5.41, 5.74) is 0. The first kappa shape index (κ1) is 15.6. The normalized spacial score (nSPS) is 20.1. The minimum atomic E-state index is -0.167. The minimum Gasteiger partial charge on any atom is -0.450 e. The first-order valence-corrected chi connectivity index (χ1v) is 8.02. The lowest BCUT2D eigenvalue weighted by molar-refractivity contribution is 0.0942. The van der Waals surface area contributed by atoms with Crippen LogP contribution >= 0.6 is 0 Å². The number of hydrogen-bond donors (Lipinski definition) is 1. The van der Waals surface area contributed by atoms with Crippen molar-refractivity contribution in [2.75, 3.05) is 39.5 Å². The van der Waals surface area contributed by atoms with Crippen molar-refractivity contribution in [2.45, 2.75) is 45.1 Å². The Morgan fingerprint density at radius 2 is 2.00 bits per heavy atom. The molecule has 1 N–H and O–H groups in total. The van der Waals surface area contributed by atoms with Crippen LogP contribution in [0.3, 0.4) is 0 Å². The van der Waals surface area contributed by atoms with Crippen molar-refractivity contribution in [3.8, 4) is 0 Å². The van der Waals surface area contributed by atoms with Crippen molar-refractivity contribution in [3.63, 3.8) is 0 Å². The van der Waals surface area contributed by atoms with Gasteiger partial charge >= 0.3 is 6.09 Å². The summed E-state index contributed by atoms with van der Waals surface area (Å²) in [5.74, 6) is 0.857. The van der Waals surface area contributed by atoms with Gasteiger partial charge in [-0.15, -0.1) is 0 Å². The summed E-state index contributed by atoms with van der Waals surface area (Å²) < 4.78 is 10.6. The maximum absolute atomic E-state index is 11.6. The Labute approximate surface area is 122 Å². The number of carbonyl (C=O) groups excluding carboxylic acids is 1. The fourth-order valence-corrected chi connectivity index (χ4v) is 2.50. The zero-order valence-electron chi connectivity index (χ0n) is 12.6. The molecule has 1 amide bonds. The molecule has 2 aliphatic rings. The quantitative estimate of drug-likeness (QED) is 0.693. The summed E-state index contributed by atoms with van der Waals surface area (Å²) in [6, 6.07) is 0.532. The van der Waals surface area contributed by atoms with E-state index in [2.05, 4.69) is 5.32 Å². The molecule has 0 unspecified atom stereocenters. The molecule has 0 aromatic carbocycles. The Bertz CT molecular complexity index is 287. The van der Waals surface area contributed by atoms with Crippen molar-refractivity contribution in [3.05, 3.63) is 0 Å². The topological polar surface area (TPSA) is 50.8 Å². The summed E-state index contributed by atoms with van der Waals surface area (Å²) in [4.78, 5) is 13.4. The van der Waals surface area contributed by atoms with E-state index in [0.717, 1.165) is 58.0 Å². The molecule has 0 radical (unpaired) electrons. The lowest BCUT2D eigenvalue weighted by Gasteiger charge is -2.31. The van der Waals surface area contributed by atoms with Crippen LogP contribution in [0.25, 0.3) is 0 Å². The summed E-state index contributed by atoms with van der Waals surface area (Å²) in [6.45, 7) is 6.73. The second kappa shape index (κ2) is 8.47. The summed E-state index contributed by atoms with van der Waals surface area (Å²) in [5, 5.41) is 3.56. The number of nitrogens with one attached hydrogen (secondary N) is 1. The van der Waals surface area contributed by atoms with E-state index in [4.69, 9.17) is 9.47 Å². The third kappa shape index (κ3) is 5.67. The Hall–Kier alpha value is -0.810. The molecule has 0 bridgehead atoms. The third-order valence-electron chi connectivity index (χ3n) is 3.97. The molecule has 0 aromatic rings. The summed E-state index contributed by atoms with van der Waals surface area (Å²) >= 11 is 0. The van der Waals surface area contributed by atoms with Crippen LogP contribution in [-0.2, 0) is 9.47 Å². The van der Waals surface area contributed by atoms with Crippen LogP contribution in [0.2, 0.25) is 0 Å². The molecule has 1 aliphatic heterocycles. The lowest BCUT2D eigenvalue weighted by atomic mass is 10.1. The minimum absolute atomic E-state index is 0.167. The van der Waals surface area contributed by atoms with Gasteiger partial charge in [0.1, 0.15) is 0 Å². The van der Waals surface area contributed by atoms with Crippen molar-refractivity contribution in [1.29, 1.82) is 0 Å². The van der Waals surface area contributed by atoms with Crippen molar-refractivity contribution in [1.82, 2.24) is 10.2 Å². The van der Waals surface area contributed by atoms with Crippen LogP contribution < -0.4 is 5.32 Å². The fourth-order valence-electron chi connectivity index (χ4n) is 2.50. The van der Waals surface area contributed by atoms with Crippen molar-refractivity contribution >= 4 is 6.09 Å². The van der Waals surface area contributed by atoms with E-state index in [-0.39, 0.29) is 6.09 Å². The maximum atomic E-state index is 11.6. The van der Waals surface area contributed by atoms with Gasteiger partial charge in [0, 0.05) is 32.3 Å². The number of rotatable bonds is 8. The zero-order valence-corrected chi connectivity index (χ0v) is 12.6. The zero-order chi connectivity index (χ0) is 14.2. The van der Waals surface area contributed by atoms with Crippen LogP contribution in [0.15, 0.2) is 0 Å². The summed E-state index contributed by atoms with van der Waals surface area (Å²) in [7, 11) is 0. The Balaban J connectivity index is 1.45. The van der Waals surface area contributed by atoms with Crippen molar-refractivity contribution in [2.24, 2.45) is 5.92 Å². The van der Waals surface area contributed by atoms with E-state index in [0.29, 0.717) is 12.6 Å². The van der Waals surface area contributed by atoms with Crippen LogP contribution in [0.1, 0.15) is 39.0 Å². The van der Waals surface area contributed by atoms with Crippen LogP contribution in [-0.4, -0.2) is 56.5 Å². The first-order chi connectivity index (χ1) is 9.79. The van der Waals surface area contributed by atoms with Gasteiger partial charge in [-0.1, -0.05) is 0 Å². The number of ether oxygens (including phenoxy) is 2. The molecule has 1 saturated carbocycles. The highest BCUT2D eigenvalue weighted by molar-refractivity contribution is 5.67. The molecule has 0 aromatic heterocycles. The lowest BCUT2D eigenvalue weighted by Crippen LogP contribution is -2.45.